The molecule has 3 heteroatoms. The quantitative estimate of drug-likeness (QED) is 0.823. The summed E-state index contributed by atoms with van der Waals surface area (Å²) in [6.07, 6.45) is 1.23. The summed E-state index contributed by atoms with van der Waals surface area (Å²) in [4.78, 5) is 13.0. The normalized spacial score (nSPS) is 13.4. The molecule has 1 aromatic rings. The maximum atomic E-state index is 10.8. The fourth-order valence-corrected chi connectivity index (χ4v) is 2.30. The van der Waals surface area contributed by atoms with Gasteiger partial charge in [-0.3, -0.25) is 9.69 Å². The Kier molecular flexibility index (Phi) is 6.41. The van der Waals surface area contributed by atoms with E-state index in [1.807, 2.05) is 0 Å². The molecule has 0 aromatic heterocycles. The molecule has 0 fully saturated rings. The van der Waals surface area contributed by atoms with Crippen molar-refractivity contribution in [1.29, 1.82) is 0 Å². The number of benzene rings is 1. The third-order valence-corrected chi connectivity index (χ3v) is 4.03. The van der Waals surface area contributed by atoms with E-state index >= 15 is 0 Å². The molecule has 1 unspecified atom stereocenters. The number of carboxylic acid groups (broad SMARTS) is 1. The Morgan fingerprint density at radius 2 is 1.81 bits per heavy atom. The van der Waals surface area contributed by atoms with Crippen molar-refractivity contribution < 1.29 is 9.90 Å². The molecule has 0 heterocycles. The fourth-order valence-electron chi connectivity index (χ4n) is 2.30. The first-order valence-corrected chi connectivity index (χ1v) is 7.79. The van der Waals surface area contributed by atoms with Crippen molar-refractivity contribution in [2.24, 2.45) is 0 Å². The van der Waals surface area contributed by atoms with Crippen LogP contribution in [0, 0.1) is 0 Å². The second-order valence-electron chi connectivity index (χ2n) is 6.82. The van der Waals surface area contributed by atoms with Crippen LogP contribution >= 0.6 is 0 Å². The van der Waals surface area contributed by atoms with E-state index in [-0.39, 0.29) is 11.8 Å². The molecule has 0 saturated carbocycles. The van der Waals surface area contributed by atoms with Gasteiger partial charge < -0.3 is 5.11 Å². The molecular formula is C18H29NO2. The predicted molar refractivity (Wildman–Crippen MR) is 87.6 cm³/mol. The molecule has 21 heavy (non-hydrogen) atoms. The van der Waals surface area contributed by atoms with Gasteiger partial charge in [-0.15, -0.1) is 0 Å². The van der Waals surface area contributed by atoms with Gasteiger partial charge in [0.25, 0.3) is 0 Å². The summed E-state index contributed by atoms with van der Waals surface area (Å²) < 4.78 is 0. The highest BCUT2D eigenvalue weighted by atomic mass is 16.4. The minimum absolute atomic E-state index is 0.165. The van der Waals surface area contributed by atoms with Crippen molar-refractivity contribution in [3.05, 3.63) is 35.4 Å². The van der Waals surface area contributed by atoms with Gasteiger partial charge in [-0.25, -0.2) is 0 Å². The molecule has 0 aliphatic heterocycles. The van der Waals surface area contributed by atoms with Crippen LogP contribution < -0.4 is 0 Å². The molecule has 0 amide bonds. The van der Waals surface area contributed by atoms with Gasteiger partial charge >= 0.3 is 5.97 Å². The van der Waals surface area contributed by atoms with Gasteiger partial charge in [0.15, 0.2) is 0 Å². The second-order valence-corrected chi connectivity index (χ2v) is 6.82. The SMILES string of the molecule is CCC(C)N(CCC(=O)O)Cc1ccc(C(C)(C)C)cc1. The van der Waals surface area contributed by atoms with Crippen LogP contribution in [-0.4, -0.2) is 28.6 Å². The number of rotatable bonds is 7. The summed E-state index contributed by atoms with van der Waals surface area (Å²) in [6.45, 7) is 12.3. The number of carbonyl (C=O) groups is 1. The largest absolute Gasteiger partial charge is 0.481 e. The van der Waals surface area contributed by atoms with Gasteiger partial charge in [0.2, 0.25) is 0 Å². The maximum Gasteiger partial charge on any atom is 0.304 e. The van der Waals surface area contributed by atoms with Crippen LogP contribution in [0.3, 0.4) is 0 Å². The first-order valence-electron chi connectivity index (χ1n) is 7.79. The minimum atomic E-state index is -0.730. The fraction of sp³-hybridized carbons (Fsp3) is 0.611. The number of aliphatic carboxylic acids is 1. The molecule has 0 radical (unpaired) electrons. The Morgan fingerprint density at radius 3 is 2.24 bits per heavy atom. The Labute approximate surface area is 129 Å². The molecule has 1 rings (SSSR count). The van der Waals surface area contributed by atoms with E-state index in [9.17, 15) is 4.79 Å². The third kappa shape index (κ3) is 5.88. The molecule has 0 bridgehead atoms. The summed E-state index contributed by atoms with van der Waals surface area (Å²) >= 11 is 0. The zero-order valence-electron chi connectivity index (χ0n) is 14.0. The van der Waals surface area contributed by atoms with Crippen LogP contribution in [0.1, 0.15) is 58.6 Å². The van der Waals surface area contributed by atoms with Crippen molar-refractivity contribution in [3.63, 3.8) is 0 Å². The summed E-state index contributed by atoms with van der Waals surface area (Å²) in [7, 11) is 0. The third-order valence-electron chi connectivity index (χ3n) is 4.03. The van der Waals surface area contributed by atoms with Crippen LogP contribution in [0.15, 0.2) is 24.3 Å². The van der Waals surface area contributed by atoms with Crippen molar-refractivity contribution in [3.8, 4) is 0 Å². The predicted octanol–water partition coefficient (Wildman–Crippen LogP) is 4.06. The molecule has 3 nitrogen and oxygen atoms in total. The molecule has 0 aliphatic rings. The van der Waals surface area contributed by atoms with Gasteiger partial charge in [-0.05, 0) is 29.9 Å². The summed E-state index contributed by atoms with van der Waals surface area (Å²) in [5.41, 5.74) is 2.73. The number of hydrogen-bond donors (Lipinski definition) is 1. The highest BCUT2D eigenvalue weighted by molar-refractivity contribution is 5.66. The standard InChI is InChI=1S/C18H29NO2/c1-6-14(2)19(12-11-17(20)21)13-15-7-9-16(10-8-15)18(3,4)5/h7-10,14H,6,11-13H2,1-5H3,(H,20,21). The Balaban J connectivity index is 2.76. The minimum Gasteiger partial charge on any atom is -0.481 e. The lowest BCUT2D eigenvalue weighted by Crippen LogP contribution is -2.34. The van der Waals surface area contributed by atoms with E-state index < -0.39 is 5.97 Å². The molecule has 0 aliphatic carbocycles. The lowest BCUT2D eigenvalue weighted by Gasteiger charge is -2.28. The Hall–Kier alpha value is -1.35. The molecule has 0 saturated heterocycles. The maximum absolute atomic E-state index is 10.8. The van der Waals surface area contributed by atoms with E-state index in [0.29, 0.717) is 12.6 Å². The summed E-state index contributed by atoms with van der Waals surface area (Å²) in [5, 5.41) is 8.88. The summed E-state index contributed by atoms with van der Waals surface area (Å²) in [6, 6.07) is 9.09. The van der Waals surface area contributed by atoms with Crippen molar-refractivity contribution in [2.45, 2.75) is 65.5 Å². The van der Waals surface area contributed by atoms with Crippen LogP contribution in [0.25, 0.3) is 0 Å². The average Bonchev–Trinajstić information content (AvgIpc) is 2.42. The van der Waals surface area contributed by atoms with Crippen LogP contribution in [0.2, 0.25) is 0 Å². The van der Waals surface area contributed by atoms with Gasteiger partial charge in [-0.2, -0.15) is 0 Å². The smallest absolute Gasteiger partial charge is 0.304 e. The highest BCUT2D eigenvalue weighted by Gasteiger charge is 2.16. The van der Waals surface area contributed by atoms with Gasteiger partial charge in [0, 0.05) is 19.1 Å². The Morgan fingerprint density at radius 1 is 1.24 bits per heavy atom. The van der Waals surface area contributed by atoms with E-state index in [0.717, 1.165) is 13.0 Å². The monoisotopic (exact) mass is 291 g/mol. The van der Waals surface area contributed by atoms with Crippen molar-refractivity contribution in [1.82, 2.24) is 4.90 Å². The van der Waals surface area contributed by atoms with E-state index in [1.54, 1.807) is 0 Å². The topological polar surface area (TPSA) is 40.5 Å². The molecule has 1 atom stereocenters. The molecule has 0 spiro atoms. The van der Waals surface area contributed by atoms with Crippen LogP contribution in [-0.2, 0) is 16.8 Å². The molecule has 1 aromatic carbocycles. The van der Waals surface area contributed by atoms with Gasteiger partial charge in [-0.1, -0.05) is 52.0 Å². The van der Waals surface area contributed by atoms with E-state index in [4.69, 9.17) is 5.11 Å². The first-order chi connectivity index (χ1) is 9.74. The number of nitrogens with zero attached hydrogens (tertiary/aromatic N) is 1. The molecule has 1 N–H and O–H groups in total. The van der Waals surface area contributed by atoms with E-state index in [2.05, 4.69) is 63.8 Å². The van der Waals surface area contributed by atoms with Gasteiger partial charge in [0.05, 0.1) is 6.42 Å². The van der Waals surface area contributed by atoms with Crippen LogP contribution in [0.4, 0.5) is 0 Å². The second kappa shape index (κ2) is 7.60. The van der Waals surface area contributed by atoms with Crippen molar-refractivity contribution in [2.75, 3.05) is 6.54 Å². The zero-order chi connectivity index (χ0) is 16.0. The lowest BCUT2D eigenvalue weighted by atomic mass is 9.86. The number of hydrogen-bond acceptors (Lipinski definition) is 2. The van der Waals surface area contributed by atoms with Crippen molar-refractivity contribution >= 4 is 5.97 Å². The number of carboxylic acids is 1. The average molecular weight is 291 g/mol. The molecule has 118 valence electrons. The first kappa shape index (κ1) is 17.7. The highest BCUT2D eigenvalue weighted by Crippen LogP contribution is 2.23. The zero-order valence-corrected chi connectivity index (χ0v) is 14.0. The Bertz CT molecular complexity index is 445. The summed E-state index contributed by atoms with van der Waals surface area (Å²) in [5.74, 6) is -0.730. The molecular weight excluding hydrogens is 262 g/mol. The van der Waals surface area contributed by atoms with Crippen LogP contribution in [0.5, 0.6) is 0 Å². The lowest BCUT2D eigenvalue weighted by molar-refractivity contribution is -0.137. The van der Waals surface area contributed by atoms with Gasteiger partial charge in [0.1, 0.15) is 0 Å². The van der Waals surface area contributed by atoms with E-state index in [1.165, 1.54) is 11.1 Å².